The van der Waals surface area contributed by atoms with Gasteiger partial charge in [0.2, 0.25) is 0 Å². The van der Waals surface area contributed by atoms with Gasteiger partial charge in [-0.3, -0.25) is 4.99 Å². The number of aliphatic imine (C=N–C) groups is 1. The van der Waals surface area contributed by atoms with Gasteiger partial charge in [-0.15, -0.1) is 0 Å². The van der Waals surface area contributed by atoms with Crippen molar-refractivity contribution in [3.05, 3.63) is 29.8 Å². The summed E-state index contributed by atoms with van der Waals surface area (Å²) in [6, 6.07) is 9.58. The van der Waals surface area contributed by atoms with Crippen LogP contribution in [0.4, 0.5) is 5.69 Å². The predicted molar refractivity (Wildman–Crippen MR) is 78.0 cm³/mol. The van der Waals surface area contributed by atoms with E-state index in [1.807, 2.05) is 24.3 Å². The zero-order valence-corrected chi connectivity index (χ0v) is 11.5. The lowest BCUT2D eigenvalue weighted by atomic mass is 9.97. The zero-order chi connectivity index (χ0) is 13.0. The molecule has 1 aromatic carbocycles. The maximum Gasteiger partial charge on any atom is 0.161 e. The molecule has 18 heavy (non-hydrogen) atoms. The summed E-state index contributed by atoms with van der Waals surface area (Å²) in [4.78, 5) is 4.80. The van der Waals surface area contributed by atoms with Crippen molar-refractivity contribution in [2.24, 2.45) is 4.99 Å². The lowest BCUT2D eigenvalue weighted by Crippen LogP contribution is -2.24. The molecule has 4 heteroatoms. The highest BCUT2D eigenvalue weighted by atomic mass is 32.2. The van der Waals surface area contributed by atoms with E-state index in [-0.39, 0.29) is 5.54 Å². The number of hydrogen-bond donors (Lipinski definition) is 1. The normalized spacial score (nSPS) is 17.1. The standard InChI is InChI=1S/C14H17N3S/c1-3-14(4-2)10-18-13(17-14)16-12-7-5-11(9-15)6-8-12/h5-8H,3-4,10H2,1-2H3,(H,16,17). The zero-order valence-electron chi connectivity index (χ0n) is 10.7. The summed E-state index contributed by atoms with van der Waals surface area (Å²) in [6.45, 7) is 4.39. The fourth-order valence-corrected chi connectivity index (χ4v) is 3.24. The molecule has 0 unspecified atom stereocenters. The second-order valence-electron chi connectivity index (χ2n) is 4.45. The highest BCUT2D eigenvalue weighted by Crippen LogP contribution is 2.33. The molecule has 94 valence electrons. The average molecular weight is 259 g/mol. The van der Waals surface area contributed by atoms with E-state index < -0.39 is 0 Å². The summed E-state index contributed by atoms with van der Waals surface area (Å²) in [5.41, 5.74) is 1.78. The van der Waals surface area contributed by atoms with E-state index in [1.54, 1.807) is 11.8 Å². The van der Waals surface area contributed by atoms with Crippen LogP contribution in [0.15, 0.2) is 29.3 Å². The van der Waals surface area contributed by atoms with Gasteiger partial charge in [0.25, 0.3) is 0 Å². The Morgan fingerprint density at radius 3 is 2.50 bits per heavy atom. The quantitative estimate of drug-likeness (QED) is 0.901. The van der Waals surface area contributed by atoms with Crippen molar-refractivity contribution < 1.29 is 0 Å². The molecule has 1 aliphatic rings. The maximum absolute atomic E-state index is 8.75. The van der Waals surface area contributed by atoms with E-state index >= 15 is 0 Å². The number of amidine groups is 1. The Balaban J connectivity index is 2.08. The number of rotatable bonds is 3. The van der Waals surface area contributed by atoms with Gasteiger partial charge in [0.15, 0.2) is 5.17 Å². The van der Waals surface area contributed by atoms with Crippen molar-refractivity contribution in [1.82, 2.24) is 0 Å². The van der Waals surface area contributed by atoms with Crippen LogP contribution in [0.3, 0.4) is 0 Å². The summed E-state index contributed by atoms with van der Waals surface area (Å²) >= 11 is 1.78. The molecular weight excluding hydrogens is 242 g/mol. The van der Waals surface area contributed by atoms with E-state index in [4.69, 9.17) is 10.3 Å². The lowest BCUT2D eigenvalue weighted by Gasteiger charge is -2.20. The van der Waals surface area contributed by atoms with Gasteiger partial charge in [-0.25, -0.2) is 0 Å². The molecule has 0 atom stereocenters. The smallest absolute Gasteiger partial charge is 0.161 e. The van der Waals surface area contributed by atoms with Crippen molar-refractivity contribution in [1.29, 1.82) is 5.26 Å². The molecule has 3 nitrogen and oxygen atoms in total. The van der Waals surface area contributed by atoms with Crippen LogP contribution in [-0.2, 0) is 0 Å². The third-order valence-corrected chi connectivity index (χ3v) is 4.55. The van der Waals surface area contributed by atoms with E-state index in [9.17, 15) is 0 Å². The number of thioether (sulfide) groups is 1. The summed E-state index contributed by atoms with van der Waals surface area (Å²) in [5.74, 6) is 1.05. The van der Waals surface area contributed by atoms with Crippen LogP contribution in [0.5, 0.6) is 0 Å². The van der Waals surface area contributed by atoms with Crippen LogP contribution in [0, 0.1) is 11.3 Å². The van der Waals surface area contributed by atoms with Gasteiger partial charge in [-0.1, -0.05) is 25.6 Å². The Hall–Kier alpha value is -1.47. The molecule has 1 aliphatic heterocycles. The highest BCUT2D eigenvalue weighted by molar-refractivity contribution is 8.14. The number of nitriles is 1. The molecule has 0 bridgehead atoms. The number of nitrogens with one attached hydrogen (secondary N) is 1. The minimum Gasteiger partial charge on any atom is -0.335 e. The van der Waals surface area contributed by atoms with E-state index in [2.05, 4.69) is 25.2 Å². The van der Waals surface area contributed by atoms with Gasteiger partial charge in [0.1, 0.15) is 0 Å². The van der Waals surface area contributed by atoms with Crippen LogP contribution in [0.1, 0.15) is 32.3 Å². The first-order valence-electron chi connectivity index (χ1n) is 6.21. The van der Waals surface area contributed by atoms with Gasteiger partial charge < -0.3 is 5.32 Å². The molecule has 0 saturated heterocycles. The van der Waals surface area contributed by atoms with E-state index in [0.717, 1.165) is 29.4 Å². The Labute approximate surface area is 112 Å². The van der Waals surface area contributed by atoms with Crippen LogP contribution in [0.25, 0.3) is 0 Å². The third kappa shape index (κ3) is 2.68. The molecule has 1 aromatic rings. The van der Waals surface area contributed by atoms with Crippen molar-refractivity contribution in [2.45, 2.75) is 32.2 Å². The molecule has 0 fully saturated rings. The summed E-state index contributed by atoms with van der Waals surface area (Å²) in [6.07, 6.45) is 2.16. The highest BCUT2D eigenvalue weighted by Gasteiger charge is 2.31. The SMILES string of the molecule is CCC1(CC)CSC(Nc2ccc(C#N)cc2)=N1. The first kappa shape index (κ1) is 13.0. The molecular formula is C14H17N3S. The largest absolute Gasteiger partial charge is 0.335 e. The number of anilines is 1. The first-order valence-corrected chi connectivity index (χ1v) is 7.20. The molecule has 2 rings (SSSR count). The lowest BCUT2D eigenvalue weighted by molar-refractivity contribution is 0.456. The molecule has 0 aromatic heterocycles. The van der Waals surface area contributed by atoms with Crippen LogP contribution < -0.4 is 5.32 Å². The van der Waals surface area contributed by atoms with Crippen LogP contribution in [-0.4, -0.2) is 16.5 Å². The van der Waals surface area contributed by atoms with Gasteiger partial charge in [0.05, 0.1) is 17.2 Å². The van der Waals surface area contributed by atoms with Crippen LogP contribution >= 0.6 is 11.8 Å². The van der Waals surface area contributed by atoms with Crippen LogP contribution in [0.2, 0.25) is 0 Å². The van der Waals surface area contributed by atoms with Crippen molar-refractivity contribution in [2.75, 3.05) is 11.1 Å². The second-order valence-corrected chi connectivity index (χ2v) is 5.42. The fourth-order valence-electron chi connectivity index (χ4n) is 1.91. The summed E-state index contributed by atoms with van der Waals surface area (Å²) in [5, 5.41) is 13.1. The second kappa shape index (κ2) is 5.45. The molecule has 0 saturated carbocycles. The number of hydrogen-bond acceptors (Lipinski definition) is 4. The first-order chi connectivity index (χ1) is 8.71. The minimum atomic E-state index is 0.111. The van der Waals surface area contributed by atoms with Crippen molar-refractivity contribution in [3.63, 3.8) is 0 Å². The van der Waals surface area contributed by atoms with Crippen molar-refractivity contribution in [3.8, 4) is 6.07 Å². The Kier molecular flexibility index (Phi) is 3.93. The topological polar surface area (TPSA) is 48.2 Å². The monoisotopic (exact) mass is 259 g/mol. The predicted octanol–water partition coefficient (Wildman–Crippen LogP) is 3.63. The Morgan fingerprint density at radius 2 is 2.00 bits per heavy atom. The van der Waals surface area contributed by atoms with E-state index in [1.165, 1.54) is 0 Å². The fraction of sp³-hybridized carbons (Fsp3) is 0.429. The van der Waals surface area contributed by atoms with Gasteiger partial charge in [0, 0.05) is 11.4 Å². The summed E-state index contributed by atoms with van der Waals surface area (Å²) in [7, 11) is 0. The van der Waals surface area contributed by atoms with Crippen molar-refractivity contribution >= 4 is 22.6 Å². The molecule has 1 heterocycles. The van der Waals surface area contributed by atoms with Gasteiger partial charge in [-0.2, -0.15) is 5.26 Å². The van der Waals surface area contributed by atoms with E-state index in [0.29, 0.717) is 5.56 Å². The Morgan fingerprint density at radius 1 is 1.33 bits per heavy atom. The third-order valence-electron chi connectivity index (χ3n) is 3.40. The Bertz CT molecular complexity index is 481. The molecule has 0 amide bonds. The van der Waals surface area contributed by atoms with Gasteiger partial charge >= 0.3 is 0 Å². The molecule has 1 N–H and O–H groups in total. The summed E-state index contributed by atoms with van der Waals surface area (Å²) < 4.78 is 0. The maximum atomic E-state index is 8.75. The minimum absolute atomic E-state index is 0.111. The molecule has 0 radical (unpaired) electrons. The number of benzene rings is 1. The molecule has 0 aliphatic carbocycles. The number of nitrogens with zero attached hydrogens (tertiary/aromatic N) is 2. The molecule has 0 spiro atoms. The average Bonchev–Trinajstić information content (AvgIpc) is 2.84. The van der Waals surface area contributed by atoms with Gasteiger partial charge in [-0.05, 0) is 37.1 Å².